The molecule has 1 aliphatic rings. The van der Waals surface area contributed by atoms with E-state index in [4.69, 9.17) is 11.8 Å². The smallest absolute Gasteiger partial charge is 0.210 e. The van der Waals surface area contributed by atoms with Crippen LogP contribution in [0.2, 0.25) is 0 Å². The molecule has 0 radical (unpaired) electrons. The van der Waals surface area contributed by atoms with Gasteiger partial charge in [0.15, 0.2) is 0 Å². The maximum Gasteiger partial charge on any atom is 0.210 e. The first-order chi connectivity index (χ1) is 20.6. The second kappa shape index (κ2) is 8.54. The first-order valence-corrected chi connectivity index (χ1v) is 13.8. The molecule has 0 fully saturated rings. The van der Waals surface area contributed by atoms with Gasteiger partial charge in [0.2, 0.25) is 9.84 Å². The van der Waals surface area contributed by atoms with Gasteiger partial charge in [-0.05, 0) is 57.6 Å². The van der Waals surface area contributed by atoms with Crippen LogP contribution >= 0.6 is 0 Å². The van der Waals surface area contributed by atoms with E-state index in [1.165, 1.54) is 0 Å². The maximum atomic E-state index is 13.5. The van der Waals surface area contributed by atoms with Crippen molar-refractivity contribution in [3.8, 4) is 39.1 Å². The topological polar surface area (TPSA) is 52.0 Å². The van der Waals surface area contributed by atoms with Crippen molar-refractivity contribution in [2.75, 3.05) is 0 Å². The van der Waals surface area contributed by atoms with Gasteiger partial charge in [-0.1, -0.05) is 97.8 Å². The molecule has 6 aromatic rings. The van der Waals surface area contributed by atoms with Gasteiger partial charge >= 0.3 is 0 Å². The second-order valence-electron chi connectivity index (χ2n) is 9.18. The van der Waals surface area contributed by atoms with Crippen molar-refractivity contribution in [1.82, 2.24) is 9.55 Å². The lowest BCUT2D eigenvalue weighted by atomic mass is 9.98. The number of aromatic nitrogens is 2. The fourth-order valence-corrected chi connectivity index (χ4v) is 6.77. The van der Waals surface area contributed by atoms with E-state index in [0.717, 1.165) is 28.1 Å². The van der Waals surface area contributed by atoms with E-state index < -0.39 is 15.9 Å². The van der Waals surface area contributed by atoms with Crippen LogP contribution in [0.1, 0.15) is 19.6 Å². The van der Waals surface area contributed by atoms with E-state index in [9.17, 15) is 8.42 Å². The van der Waals surface area contributed by atoms with Crippen molar-refractivity contribution in [3.05, 3.63) is 121 Å². The zero-order valence-corrected chi connectivity index (χ0v) is 21.2. The average molecular weight is 518 g/mol. The van der Waals surface area contributed by atoms with Gasteiger partial charge in [0.05, 0.1) is 33.4 Å². The molecule has 1 aliphatic heterocycles. The van der Waals surface area contributed by atoms with Gasteiger partial charge < -0.3 is 0 Å². The number of rotatable bonds is 4. The molecule has 0 N–H and O–H groups in total. The SMILES string of the molecule is [2H]c1c([2H])c([2H])c(-c2ccc(-c3ccc(-c4ccc5c(c4)-n4c(CC)nc6cccc(c64)S5(=O)=O)cc3)cc2)c([2H])c1[2H]. The number of imidazole rings is 1. The third-order valence-corrected chi connectivity index (χ3v) is 8.86. The summed E-state index contributed by atoms with van der Waals surface area (Å²) in [6.07, 6.45) is 0.654. The minimum absolute atomic E-state index is 0.173. The Balaban J connectivity index is 1.25. The zero-order valence-electron chi connectivity index (χ0n) is 25.4. The molecule has 2 heterocycles. The number of hydrogen-bond acceptors (Lipinski definition) is 3. The quantitative estimate of drug-likeness (QED) is 0.240. The molecule has 0 unspecified atom stereocenters. The van der Waals surface area contributed by atoms with Crippen molar-refractivity contribution in [3.63, 3.8) is 0 Å². The zero-order chi connectivity index (χ0) is 30.2. The first-order valence-electron chi connectivity index (χ1n) is 14.8. The van der Waals surface area contributed by atoms with Crippen LogP contribution in [0.3, 0.4) is 0 Å². The fourth-order valence-electron chi connectivity index (χ4n) is 5.15. The van der Waals surface area contributed by atoms with Crippen molar-refractivity contribution >= 4 is 20.9 Å². The fraction of sp³-hybridized carbons (Fsp3) is 0.0606. The van der Waals surface area contributed by atoms with E-state index in [2.05, 4.69) is 0 Å². The lowest BCUT2D eigenvalue weighted by Crippen LogP contribution is -2.15. The Kier molecular flexibility index (Phi) is 4.02. The third-order valence-electron chi connectivity index (χ3n) is 7.03. The molecule has 0 saturated heterocycles. The molecule has 0 saturated carbocycles. The van der Waals surface area contributed by atoms with E-state index >= 15 is 0 Å². The van der Waals surface area contributed by atoms with Crippen molar-refractivity contribution < 1.29 is 15.3 Å². The van der Waals surface area contributed by atoms with Crippen LogP contribution < -0.4 is 0 Å². The highest BCUT2D eigenvalue weighted by Crippen LogP contribution is 2.41. The van der Waals surface area contributed by atoms with Crippen LogP contribution in [-0.4, -0.2) is 18.0 Å². The van der Waals surface area contributed by atoms with E-state index in [0.29, 0.717) is 28.7 Å². The summed E-state index contributed by atoms with van der Waals surface area (Å²) in [7, 11) is -3.69. The summed E-state index contributed by atoms with van der Waals surface area (Å²) in [5.74, 6) is 0.804. The Morgan fingerprint density at radius 1 is 0.711 bits per heavy atom. The molecule has 184 valence electrons. The van der Waals surface area contributed by atoms with Gasteiger partial charge in [-0.15, -0.1) is 0 Å². The van der Waals surface area contributed by atoms with Gasteiger partial charge in [0, 0.05) is 6.42 Å². The summed E-state index contributed by atoms with van der Waals surface area (Å²) in [6, 6.07) is 24.2. The summed E-state index contributed by atoms with van der Waals surface area (Å²) in [5, 5.41) is 0. The molecule has 0 amide bonds. The highest BCUT2D eigenvalue weighted by Gasteiger charge is 2.33. The van der Waals surface area contributed by atoms with Gasteiger partial charge in [-0.3, -0.25) is 4.57 Å². The highest BCUT2D eigenvalue weighted by atomic mass is 32.2. The van der Waals surface area contributed by atoms with Crippen molar-refractivity contribution in [2.45, 2.75) is 23.1 Å². The highest BCUT2D eigenvalue weighted by molar-refractivity contribution is 7.92. The number of fused-ring (bicyclic) bond motifs is 2. The van der Waals surface area contributed by atoms with E-state index in [1.54, 1.807) is 30.3 Å². The van der Waals surface area contributed by atoms with Crippen molar-refractivity contribution in [1.29, 1.82) is 0 Å². The number of hydrogen-bond donors (Lipinski definition) is 0. The normalized spacial score (nSPS) is 15.2. The van der Waals surface area contributed by atoms with Gasteiger partial charge in [-0.2, -0.15) is 0 Å². The molecule has 0 bridgehead atoms. The second-order valence-corrected chi connectivity index (χ2v) is 11.1. The largest absolute Gasteiger partial charge is 0.294 e. The van der Waals surface area contributed by atoms with Crippen LogP contribution in [0, 0.1) is 0 Å². The average Bonchev–Trinajstić information content (AvgIpc) is 3.41. The van der Waals surface area contributed by atoms with E-state index in [-0.39, 0.29) is 39.5 Å². The van der Waals surface area contributed by atoms with Crippen LogP contribution in [0.4, 0.5) is 0 Å². The molecule has 7 rings (SSSR count). The molecular weight excluding hydrogens is 488 g/mol. The molecule has 4 nitrogen and oxygen atoms in total. The van der Waals surface area contributed by atoms with Crippen LogP contribution in [0.15, 0.2) is 125 Å². The number of benzene rings is 5. The minimum Gasteiger partial charge on any atom is -0.294 e. The lowest BCUT2D eigenvalue weighted by Gasteiger charge is -2.21. The van der Waals surface area contributed by atoms with E-state index in [1.807, 2.05) is 66.1 Å². The first kappa shape index (κ1) is 17.9. The third kappa shape index (κ3) is 3.43. The van der Waals surface area contributed by atoms with Crippen molar-refractivity contribution in [2.24, 2.45) is 0 Å². The number of para-hydroxylation sites is 1. The summed E-state index contributed by atoms with van der Waals surface area (Å²) < 4.78 is 69.3. The molecule has 0 atom stereocenters. The Hall–Kier alpha value is -4.48. The number of aryl methyl sites for hydroxylation is 1. The Labute approximate surface area is 228 Å². The summed E-state index contributed by atoms with van der Waals surface area (Å²) in [5.41, 5.74) is 6.24. The van der Waals surface area contributed by atoms with Gasteiger partial charge in [-0.25, -0.2) is 13.4 Å². The molecule has 0 aliphatic carbocycles. The molecular formula is C33H24N2O2S. The van der Waals surface area contributed by atoms with Gasteiger partial charge in [0.25, 0.3) is 0 Å². The maximum absolute atomic E-state index is 13.5. The molecule has 5 heteroatoms. The number of nitrogens with zero attached hydrogens (tertiary/aromatic N) is 2. The monoisotopic (exact) mass is 517 g/mol. The summed E-state index contributed by atoms with van der Waals surface area (Å²) in [6.45, 7) is 2.01. The molecule has 1 aromatic heterocycles. The Bertz CT molecular complexity index is 2200. The Morgan fingerprint density at radius 2 is 1.29 bits per heavy atom. The standard InChI is InChI=1S/C33H24N2O2S/c1-2-32-34-28-9-6-10-31-33(28)35(32)29-21-27(19-20-30(29)38(31,36)37)26-17-15-25(16-18-26)24-13-11-23(12-14-24)22-7-4-3-5-8-22/h3-21H,2H2,1H3/i3D,4D,5D,7D,8D. The van der Waals surface area contributed by atoms with Gasteiger partial charge in [0.1, 0.15) is 5.82 Å². The lowest BCUT2D eigenvalue weighted by molar-refractivity contribution is 0.594. The summed E-state index contributed by atoms with van der Waals surface area (Å²) in [4.78, 5) is 5.25. The minimum atomic E-state index is -3.69. The molecule has 38 heavy (non-hydrogen) atoms. The van der Waals surface area contributed by atoms with Crippen LogP contribution in [0.25, 0.3) is 50.1 Å². The predicted molar refractivity (Wildman–Crippen MR) is 152 cm³/mol. The Morgan fingerprint density at radius 3 is 1.92 bits per heavy atom. The van der Waals surface area contributed by atoms with Crippen LogP contribution in [-0.2, 0) is 16.3 Å². The summed E-state index contributed by atoms with van der Waals surface area (Å²) >= 11 is 0. The molecule has 0 spiro atoms. The molecule has 5 aromatic carbocycles. The number of sulfone groups is 1. The van der Waals surface area contributed by atoms with Crippen LogP contribution in [0.5, 0.6) is 0 Å². The predicted octanol–water partition coefficient (Wildman–Crippen LogP) is 7.74.